The van der Waals surface area contributed by atoms with Gasteiger partial charge in [0.15, 0.2) is 5.54 Å². The largest absolute Gasteiger partial charge is 0.543 e. The Balaban J connectivity index is 3.08. The van der Waals surface area contributed by atoms with Crippen LogP contribution in [0, 0.1) is 5.82 Å². The predicted octanol–water partition coefficient (Wildman–Crippen LogP) is -0.967. The second-order valence-corrected chi connectivity index (χ2v) is 3.13. The third-order valence-corrected chi connectivity index (χ3v) is 1.93. The predicted molar refractivity (Wildman–Crippen MR) is 41.6 cm³/mol. The minimum Gasteiger partial charge on any atom is -0.543 e. The van der Waals surface area contributed by atoms with Crippen LogP contribution in [-0.2, 0) is 10.3 Å². The number of quaternary nitrogens is 1. The van der Waals surface area contributed by atoms with Crippen LogP contribution in [0.1, 0.15) is 12.5 Å². The quantitative estimate of drug-likeness (QED) is 0.641. The van der Waals surface area contributed by atoms with E-state index in [2.05, 4.69) is 5.73 Å². The lowest BCUT2D eigenvalue weighted by atomic mass is 9.94. The number of halogens is 1. The summed E-state index contributed by atoms with van der Waals surface area (Å²) in [6.45, 7) is 1.41. The molecule has 0 aliphatic carbocycles. The second kappa shape index (κ2) is 3.14. The number of benzene rings is 1. The molecule has 70 valence electrons. The van der Waals surface area contributed by atoms with Crippen LogP contribution >= 0.6 is 0 Å². The molecule has 0 amide bonds. The highest BCUT2D eigenvalue weighted by Crippen LogP contribution is 2.14. The Hall–Kier alpha value is -1.42. The summed E-state index contributed by atoms with van der Waals surface area (Å²) in [7, 11) is 0. The zero-order valence-corrected chi connectivity index (χ0v) is 7.21. The first-order valence-electron chi connectivity index (χ1n) is 3.77. The Bertz CT molecular complexity index is 319. The molecule has 1 atom stereocenters. The highest BCUT2D eigenvalue weighted by Gasteiger charge is 2.26. The zero-order chi connectivity index (χ0) is 10.1. The maximum absolute atomic E-state index is 12.5. The summed E-state index contributed by atoms with van der Waals surface area (Å²) in [5.74, 6) is -1.68. The molecule has 1 rings (SSSR count). The molecule has 0 spiro atoms. The molecular weight excluding hydrogens is 173 g/mol. The van der Waals surface area contributed by atoms with E-state index >= 15 is 0 Å². The third-order valence-electron chi connectivity index (χ3n) is 1.93. The minimum atomic E-state index is -1.33. The first-order valence-corrected chi connectivity index (χ1v) is 3.77. The van der Waals surface area contributed by atoms with Gasteiger partial charge in [0.05, 0.1) is 0 Å². The zero-order valence-electron chi connectivity index (χ0n) is 7.21. The summed E-state index contributed by atoms with van der Waals surface area (Å²) in [5, 5.41) is 10.6. The lowest BCUT2D eigenvalue weighted by molar-refractivity contribution is -0.489. The fourth-order valence-electron chi connectivity index (χ4n) is 0.936. The van der Waals surface area contributed by atoms with E-state index in [4.69, 9.17) is 0 Å². The maximum atomic E-state index is 12.5. The molecule has 0 unspecified atom stereocenters. The summed E-state index contributed by atoms with van der Waals surface area (Å²) < 4.78 is 12.5. The van der Waals surface area contributed by atoms with Crippen molar-refractivity contribution in [3.05, 3.63) is 35.6 Å². The van der Waals surface area contributed by atoms with Crippen molar-refractivity contribution in [3.63, 3.8) is 0 Å². The van der Waals surface area contributed by atoms with Crippen molar-refractivity contribution in [1.29, 1.82) is 0 Å². The average Bonchev–Trinajstić information content (AvgIpc) is 2.04. The number of carbonyl (C=O) groups is 1. The fraction of sp³-hybridized carbons (Fsp3) is 0.222. The molecule has 0 fully saturated rings. The molecule has 0 aliphatic rings. The average molecular weight is 183 g/mol. The normalized spacial score (nSPS) is 15.0. The van der Waals surface area contributed by atoms with Gasteiger partial charge in [-0.25, -0.2) is 4.39 Å². The van der Waals surface area contributed by atoms with Crippen LogP contribution in [0.2, 0.25) is 0 Å². The van der Waals surface area contributed by atoms with Gasteiger partial charge >= 0.3 is 0 Å². The number of hydrogen-bond donors (Lipinski definition) is 1. The molecule has 1 aromatic rings. The van der Waals surface area contributed by atoms with E-state index in [-0.39, 0.29) is 0 Å². The van der Waals surface area contributed by atoms with Crippen LogP contribution < -0.4 is 10.8 Å². The molecule has 0 bridgehead atoms. The molecule has 3 nitrogen and oxygen atoms in total. The lowest BCUT2D eigenvalue weighted by Gasteiger charge is -2.21. The van der Waals surface area contributed by atoms with Gasteiger partial charge in [-0.05, 0) is 24.3 Å². The van der Waals surface area contributed by atoms with Gasteiger partial charge < -0.3 is 15.6 Å². The molecule has 0 radical (unpaired) electrons. The van der Waals surface area contributed by atoms with Crippen LogP contribution in [0.3, 0.4) is 0 Å². The van der Waals surface area contributed by atoms with Crippen molar-refractivity contribution in [2.24, 2.45) is 0 Å². The summed E-state index contributed by atoms with van der Waals surface area (Å²) in [6, 6.07) is 5.17. The Morgan fingerprint density at radius 1 is 1.46 bits per heavy atom. The molecule has 1 aromatic carbocycles. The van der Waals surface area contributed by atoms with E-state index in [9.17, 15) is 14.3 Å². The van der Waals surface area contributed by atoms with Crippen LogP contribution in [0.4, 0.5) is 4.39 Å². The third kappa shape index (κ3) is 1.84. The fourth-order valence-corrected chi connectivity index (χ4v) is 0.936. The smallest absolute Gasteiger partial charge is 0.157 e. The van der Waals surface area contributed by atoms with Gasteiger partial charge in [0.1, 0.15) is 11.8 Å². The highest BCUT2D eigenvalue weighted by molar-refractivity contribution is 5.75. The van der Waals surface area contributed by atoms with Crippen molar-refractivity contribution < 1.29 is 20.0 Å². The van der Waals surface area contributed by atoms with Crippen molar-refractivity contribution in [1.82, 2.24) is 0 Å². The van der Waals surface area contributed by atoms with E-state index in [1.807, 2.05) is 0 Å². The molecule has 0 aliphatic heterocycles. The topological polar surface area (TPSA) is 67.8 Å². The molecular formula is C9H10FNO2. The van der Waals surface area contributed by atoms with E-state index in [0.29, 0.717) is 5.56 Å². The lowest BCUT2D eigenvalue weighted by Crippen LogP contribution is -2.75. The molecule has 0 aromatic heterocycles. The Labute approximate surface area is 75.0 Å². The number of hydrogen-bond acceptors (Lipinski definition) is 2. The van der Waals surface area contributed by atoms with E-state index in [1.165, 1.54) is 31.2 Å². The Morgan fingerprint density at radius 2 is 1.92 bits per heavy atom. The van der Waals surface area contributed by atoms with Crippen LogP contribution in [-0.4, -0.2) is 5.97 Å². The molecule has 3 N–H and O–H groups in total. The van der Waals surface area contributed by atoms with Crippen LogP contribution in [0.15, 0.2) is 24.3 Å². The van der Waals surface area contributed by atoms with Gasteiger partial charge in [0.25, 0.3) is 0 Å². The summed E-state index contributed by atoms with van der Waals surface area (Å²) in [6.07, 6.45) is 0. The van der Waals surface area contributed by atoms with Gasteiger partial charge in [-0.2, -0.15) is 0 Å². The standard InChI is InChI=1S/C9H10FNO2/c1-9(11,8(12)13)6-2-4-7(10)5-3-6/h2-5H,11H2,1H3,(H,12,13)/t9-/m1/s1. The van der Waals surface area contributed by atoms with E-state index in [0.717, 1.165) is 0 Å². The molecule has 0 saturated heterocycles. The van der Waals surface area contributed by atoms with Crippen molar-refractivity contribution in [3.8, 4) is 0 Å². The van der Waals surface area contributed by atoms with Crippen molar-refractivity contribution in [2.45, 2.75) is 12.5 Å². The van der Waals surface area contributed by atoms with Crippen molar-refractivity contribution >= 4 is 5.97 Å². The van der Waals surface area contributed by atoms with Gasteiger partial charge in [-0.1, -0.05) is 0 Å². The maximum Gasteiger partial charge on any atom is 0.157 e. The summed E-state index contributed by atoms with van der Waals surface area (Å²) in [5.41, 5.74) is 2.58. The molecule has 13 heavy (non-hydrogen) atoms. The molecule has 0 heterocycles. The van der Waals surface area contributed by atoms with Gasteiger partial charge in [-0.15, -0.1) is 0 Å². The van der Waals surface area contributed by atoms with Crippen molar-refractivity contribution in [2.75, 3.05) is 0 Å². The minimum absolute atomic E-state index is 0.405. The van der Waals surface area contributed by atoms with Crippen LogP contribution in [0.5, 0.6) is 0 Å². The number of aliphatic carboxylic acids is 1. The number of carboxylic acid groups (broad SMARTS) is 1. The Kier molecular flexibility index (Phi) is 2.34. The SMILES string of the molecule is C[C@]([NH3+])(C(=O)[O-])c1ccc(F)cc1. The Morgan fingerprint density at radius 3 is 2.31 bits per heavy atom. The monoisotopic (exact) mass is 183 g/mol. The van der Waals surface area contributed by atoms with Gasteiger partial charge in [-0.3, -0.25) is 0 Å². The highest BCUT2D eigenvalue weighted by atomic mass is 19.1. The van der Waals surface area contributed by atoms with E-state index in [1.54, 1.807) is 0 Å². The van der Waals surface area contributed by atoms with E-state index < -0.39 is 17.3 Å². The number of carbonyl (C=O) groups excluding carboxylic acids is 1. The van der Waals surface area contributed by atoms with Crippen LogP contribution in [0.25, 0.3) is 0 Å². The molecule has 0 saturated carbocycles. The summed E-state index contributed by atoms with van der Waals surface area (Å²) in [4.78, 5) is 10.6. The van der Waals surface area contributed by atoms with Gasteiger partial charge in [0, 0.05) is 12.5 Å². The second-order valence-electron chi connectivity index (χ2n) is 3.13. The number of carboxylic acids is 1. The summed E-state index contributed by atoms with van der Waals surface area (Å²) >= 11 is 0. The number of rotatable bonds is 2. The molecule has 4 heteroatoms. The first kappa shape index (κ1) is 9.67. The van der Waals surface area contributed by atoms with Gasteiger partial charge in [0.2, 0.25) is 0 Å². The first-order chi connectivity index (χ1) is 5.94.